The van der Waals surface area contributed by atoms with Crippen LogP contribution in [0.2, 0.25) is 5.02 Å². The van der Waals surface area contributed by atoms with Crippen LogP contribution >= 0.6 is 11.6 Å². The molecule has 1 saturated heterocycles. The SMILES string of the molecule is COc1ccc(-c2ccc(S(=O)(=O)NCCC3CCCN3C)cc2)c(Cl)c1. The van der Waals surface area contributed by atoms with Crippen molar-refractivity contribution >= 4 is 21.6 Å². The molecule has 0 saturated carbocycles. The van der Waals surface area contributed by atoms with Gasteiger partial charge >= 0.3 is 0 Å². The van der Waals surface area contributed by atoms with Crippen LogP contribution in [0.4, 0.5) is 0 Å². The van der Waals surface area contributed by atoms with E-state index in [1.54, 1.807) is 37.4 Å². The van der Waals surface area contributed by atoms with Gasteiger partial charge in [0.2, 0.25) is 10.0 Å². The Labute approximate surface area is 166 Å². The second kappa shape index (κ2) is 8.61. The predicted molar refractivity (Wildman–Crippen MR) is 109 cm³/mol. The molecule has 7 heteroatoms. The molecule has 5 nitrogen and oxygen atoms in total. The lowest BCUT2D eigenvalue weighted by molar-refractivity contribution is 0.297. The molecule has 0 amide bonds. The fraction of sp³-hybridized carbons (Fsp3) is 0.400. The van der Waals surface area contributed by atoms with Gasteiger partial charge in [0.15, 0.2) is 0 Å². The van der Waals surface area contributed by atoms with Crippen LogP contribution < -0.4 is 9.46 Å². The standard InChI is InChI=1S/C20H25ClN2O3S/c1-23-13-3-4-16(23)11-12-22-27(24,25)18-8-5-15(6-9-18)19-10-7-17(26-2)14-20(19)21/h5-10,14,16,22H,3-4,11-13H2,1-2H3. The Balaban J connectivity index is 1.66. The van der Waals surface area contributed by atoms with E-state index in [1.165, 1.54) is 6.42 Å². The molecule has 27 heavy (non-hydrogen) atoms. The van der Waals surface area contributed by atoms with Crippen LogP contribution in [0.25, 0.3) is 11.1 Å². The van der Waals surface area contributed by atoms with E-state index in [1.807, 2.05) is 12.1 Å². The number of sulfonamides is 1. The molecule has 0 spiro atoms. The summed E-state index contributed by atoms with van der Waals surface area (Å²) in [4.78, 5) is 2.55. The van der Waals surface area contributed by atoms with E-state index in [-0.39, 0.29) is 4.90 Å². The molecular formula is C20H25ClN2O3S. The minimum atomic E-state index is -3.51. The Morgan fingerprint density at radius 3 is 2.56 bits per heavy atom. The highest BCUT2D eigenvalue weighted by Crippen LogP contribution is 2.31. The summed E-state index contributed by atoms with van der Waals surface area (Å²) in [6, 6.07) is 12.7. The third kappa shape index (κ3) is 4.82. The van der Waals surface area contributed by atoms with Gasteiger partial charge in [0, 0.05) is 18.2 Å². The highest BCUT2D eigenvalue weighted by molar-refractivity contribution is 7.89. The zero-order chi connectivity index (χ0) is 19.4. The molecule has 1 fully saturated rings. The van der Waals surface area contributed by atoms with Gasteiger partial charge in [-0.3, -0.25) is 0 Å². The molecule has 2 aromatic rings. The molecule has 1 aliphatic rings. The quantitative estimate of drug-likeness (QED) is 0.757. The van der Waals surface area contributed by atoms with Crippen LogP contribution in [0.15, 0.2) is 47.4 Å². The van der Waals surface area contributed by atoms with Crippen molar-refractivity contribution in [3.8, 4) is 16.9 Å². The summed E-state index contributed by atoms with van der Waals surface area (Å²) >= 11 is 6.30. The average Bonchev–Trinajstić information content (AvgIpc) is 3.06. The molecule has 0 aliphatic carbocycles. The maximum atomic E-state index is 12.5. The summed E-state index contributed by atoms with van der Waals surface area (Å²) in [6.07, 6.45) is 3.15. The van der Waals surface area contributed by atoms with Gasteiger partial charge in [0.1, 0.15) is 5.75 Å². The van der Waals surface area contributed by atoms with Crippen molar-refractivity contribution in [3.63, 3.8) is 0 Å². The van der Waals surface area contributed by atoms with Crippen molar-refractivity contribution in [1.82, 2.24) is 9.62 Å². The van der Waals surface area contributed by atoms with Gasteiger partial charge in [-0.15, -0.1) is 0 Å². The van der Waals surface area contributed by atoms with Crippen LogP contribution in [0.5, 0.6) is 5.75 Å². The first-order valence-electron chi connectivity index (χ1n) is 9.04. The van der Waals surface area contributed by atoms with E-state index in [0.29, 0.717) is 23.4 Å². The van der Waals surface area contributed by atoms with Crippen molar-refractivity contribution in [2.24, 2.45) is 0 Å². The summed E-state index contributed by atoms with van der Waals surface area (Å²) in [5, 5.41) is 0.559. The second-order valence-corrected chi connectivity index (χ2v) is 9.01. The lowest BCUT2D eigenvalue weighted by Crippen LogP contribution is -2.31. The lowest BCUT2D eigenvalue weighted by atomic mass is 10.1. The summed E-state index contributed by atoms with van der Waals surface area (Å²) in [5.74, 6) is 0.681. The number of nitrogens with one attached hydrogen (secondary N) is 1. The van der Waals surface area contributed by atoms with Gasteiger partial charge in [-0.1, -0.05) is 23.7 Å². The van der Waals surface area contributed by atoms with Gasteiger partial charge in [0.05, 0.1) is 17.0 Å². The van der Waals surface area contributed by atoms with E-state index in [2.05, 4.69) is 16.7 Å². The molecule has 1 aliphatic heterocycles. The highest BCUT2D eigenvalue weighted by atomic mass is 35.5. The normalized spacial score (nSPS) is 18.0. The topological polar surface area (TPSA) is 58.6 Å². The predicted octanol–water partition coefficient (Wildman–Crippen LogP) is 3.78. The van der Waals surface area contributed by atoms with Crippen molar-refractivity contribution in [2.75, 3.05) is 27.2 Å². The summed E-state index contributed by atoms with van der Waals surface area (Å²) in [5.41, 5.74) is 1.69. The third-order valence-corrected chi connectivity index (χ3v) is 6.88. The second-order valence-electron chi connectivity index (χ2n) is 6.83. The average molecular weight is 409 g/mol. The minimum Gasteiger partial charge on any atom is -0.497 e. The number of nitrogens with zero attached hydrogens (tertiary/aromatic N) is 1. The molecular weight excluding hydrogens is 384 g/mol. The smallest absolute Gasteiger partial charge is 0.240 e. The van der Waals surface area contributed by atoms with Crippen molar-refractivity contribution in [2.45, 2.75) is 30.2 Å². The summed E-state index contributed by atoms with van der Waals surface area (Å²) in [7, 11) is 0.168. The van der Waals surface area contributed by atoms with Crippen LogP contribution in [-0.4, -0.2) is 46.6 Å². The summed E-state index contributed by atoms with van der Waals surface area (Å²) < 4.78 is 32.9. The Hall–Kier alpha value is -1.60. The van der Waals surface area contributed by atoms with Gasteiger partial charge in [-0.25, -0.2) is 13.1 Å². The molecule has 1 unspecified atom stereocenters. The fourth-order valence-corrected chi connectivity index (χ4v) is 4.79. The van der Waals surface area contributed by atoms with E-state index >= 15 is 0 Å². The molecule has 0 bridgehead atoms. The van der Waals surface area contributed by atoms with Crippen molar-refractivity contribution < 1.29 is 13.2 Å². The first kappa shape index (κ1) is 20.1. The number of halogens is 1. The Kier molecular flexibility index (Phi) is 6.42. The van der Waals surface area contributed by atoms with E-state index in [0.717, 1.165) is 30.5 Å². The number of ether oxygens (including phenoxy) is 1. The van der Waals surface area contributed by atoms with E-state index in [4.69, 9.17) is 16.3 Å². The highest BCUT2D eigenvalue weighted by Gasteiger charge is 2.21. The number of likely N-dealkylation sites (tertiary alicyclic amines) is 1. The Bertz CT molecular complexity index is 885. The fourth-order valence-electron chi connectivity index (χ4n) is 3.46. The monoisotopic (exact) mass is 408 g/mol. The van der Waals surface area contributed by atoms with Crippen LogP contribution in [-0.2, 0) is 10.0 Å². The number of benzene rings is 2. The molecule has 146 valence electrons. The minimum absolute atomic E-state index is 0.260. The number of methoxy groups -OCH3 is 1. The lowest BCUT2D eigenvalue weighted by Gasteiger charge is -2.19. The molecule has 3 rings (SSSR count). The largest absolute Gasteiger partial charge is 0.497 e. The molecule has 2 aromatic carbocycles. The zero-order valence-electron chi connectivity index (χ0n) is 15.6. The molecule has 1 N–H and O–H groups in total. The Morgan fingerprint density at radius 1 is 1.22 bits per heavy atom. The van der Waals surface area contributed by atoms with Crippen LogP contribution in [0.3, 0.4) is 0 Å². The molecule has 1 heterocycles. The first-order valence-corrected chi connectivity index (χ1v) is 10.9. The van der Waals surface area contributed by atoms with Gasteiger partial charge in [-0.2, -0.15) is 0 Å². The summed E-state index contributed by atoms with van der Waals surface area (Å²) in [6.45, 7) is 1.54. The maximum Gasteiger partial charge on any atom is 0.240 e. The Morgan fingerprint density at radius 2 is 1.96 bits per heavy atom. The van der Waals surface area contributed by atoms with Crippen molar-refractivity contribution in [3.05, 3.63) is 47.5 Å². The van der Waals surface area contributed by atoms with E-state index in [9.17, 15) is 8.42 Å². The van der Waals surface area contributed by atoms with Gasteiger partial charge < -0.3 is 9.64 Å². The number of rotatable bonds is 7. The first-order chi connectivity index (χ1) is 12.9. The third-order valence-electron chi connectivity index (χ3n) is 5.09. The molecule has 1 atom stereocenters. The number of hydrogen-bond acceptors (Lipinski definition) is 4. The zero-order valence-corrected chi connectivity index (χ0v) is 17.2. The number of hydrogen-bond donors (Lipinski definition) is 1. The maximum absolute atomic E-state index is 12.5. The van der Waals surface area contributed by atoms with Gasteiger partial charge in [0.25, 0.3) is 0 Å². The van der Waals surface area contributed by atoms with Gasteiger partial charge in [-0.05, 0) is 68.8 Å². The molecule has 0 radical (unpaired) electrons. The van der Waals surface area contributed by atoms with Crippen molar-refractivity contribution in [1.29, 1.82) is 0 Å². The van der Waals surface area contributed by atoms with Crippen LogP contribution in [0.1, 0.15) is 19.3 Å². The molecule has 0 aromatic heterocycles. The van der Waals surface area contributed by atoms with E-state index < -0.39 is 10.0 Å². The van der Waals surface area contributed by atoms with Crippen LogP contribution in [0, 0.1) is 0 Å².